The molecule has 1 aromatic carbocycles. The first kappa shape index (κ1) is 45.1. The zero-order valence-corrected chi connectivity index (χ0v) is 19.6. The van der Waals surface area contributed by atoms with Gasteiger partial charge in [-0.2, -0.15) is 0 Å². The molecule has 0 heterocycles. The summed E-state index contributed by atoms with van der Waals surface area (Å²) in [5, 5.41) is 0. The summed E-state index contributed by atoms with van der Waals surface area (Å²) in [6.45, 7) is 30.0. The molecule has 0 aliphatic rings. The van der Waals surface area contributed by atoms with Crippen LogP contribution in [0.25, 0.3) is 0 Å². The quantitative estimate of drug-likeness (QED) is 0.474. The average molecular weight is 387 g/mol. The smallest absolute Gasteiger partial charge is 0.0216 e. The molecule has 0 aliphatic heterocycles. The highest BCUT2D eigenvalue weighted by molar-refractivity contribution is 5.31. The lowest BCUT2D eigenvalue weighted by molar-refractivity contribution is 0.736. The molecule has 0 aromatic heterocycles. The van der Waals surface area contributed by atoms with Crippen molar-refractivity contribution in [1.82, 2.24) is 0 Å². The van der Waals surface area contributed by atoms with Crippen molar-refractivity contribution < 1.29 is 0 Å². The Kier molecular flexibility index (Phi) is 54.9. The van der Waals surface area contributed by atoms with E-state index < -0.39 is 0 Å². The van der Waals surface area contributed by atoms with E-state index in [-0.39, 0.29) is 22.3 Å². The molecule has 1 aromatic rings. The molecule has 170 valence electrons. The second-order valence-electron chi connectivity index (χ2n) is 7.40. The summed E-state index contributed by atoms with van der Waals surface area (Å²) in [6.07, 6.45) is 0. The van der Waals surface area contributed by atoms with Crippen LogP contribution in [-0.4, -0.2) is 0 Å². The van der Waals surface area contributed by atoms with E-state index in [1.165, 1.54) is 11.1 Å². The van der Waals surface area contributed by atoms with Gasteiger partial charge in [-0.15, -0.1) is 0 Å². The van der Waals surface area contributed by atoms with Crippen LogP contribution in [0.2, 0.25) is 0 Å². The van der Waals surface area contributed by atoms with E-state index in [0.717, 1.165) is 11.8 Å². The fourth-order valence-electron chi connectivity index (χ4n) is 1.56. The molecule has 0 saturated heterocycles. The van der Waals surface area contributed by atoms with Gasteiger partial charge in [0.05, 0.1) is 0 Å². The van der Waals surface area contributed by atoms with E-state index in [9.17, 15) is 0 Å². The monoisotopic (exact) mass is 386 g/mol. The number of hydrogen-bond donors (Lipinski definition) is 0. The minimum Gasteiger partial charge on any atom is -0.0776 e. The van der Waals surface area contributed by atoms with Crippen LogP contribution in [0.5, 0.6) is 0 Å². The van der Waals surface area contributed by atoms with Crippen LogP contribution in [0.4, 0.5) is 0 Å². The van der Waals surface area contributed by atoms with Crippen molar-refractivity contribution in [2.24, 2.45) is 11.8 Å². The van der Waals surface area contributed by atoms with E-state index >= 15 is 0 Å². The summed E-state index contributed by atoms with van der Waals surface area (Å²) in [4.78, 5) is 0. The van der Waals surface area contributed by atoms with Gasteiger partial charge >= 0.3 is 0 Å². The Hall–Kier alpha value is -0.780. The van der Waals surface area contributed by atoms with Crippen LogP contribution in [0.1, 0.15) is 142 Å². The molecule has 0 saturated carbocycles. The summed E-state index contributed by atoms with van der Waals surface area (Å²) in [5.41, 5.74) is 2.99. The first-order valence-corrected chi connectivity index (χ1v) is 10.2. The molecule has 0 fully saturated rings. The van der Waals surface area contributed by atoms with Gasteiger partial charge in [0.2, 0.25) is 0 Å². The second-order valence-corrected chi connectivity index (χ2v) is 7.40. The molecule has 0 amide bonds. The Morgan fingerprint density at radius 3 is 0.704 bits per heavy atom. The van der Waals surface area contributed by atoms with Crippen LogP contribution in [0, 0.1) is 11.8 Å². The first-order valence-electron chi connectivity index (χ1n) is 10.2. The van der Waals surface area contributed by atoms with E-state index in [1.54, 1.807) is 0 Å². The number of benzene rings is 1. The third-order valence-electron chi connectivity index (χ3n) is 2.24. The highest BCUT2D eigenvalue weighted by Crippen LogP contribution is 2.25. The summed E-state index contributed by atoms with van der Waals surface area (Å²) < 4.78 is 0. The van der Waals surface area contributed by atoms with Gasteiger partial charge in [0.15, 0.2) is 0 Å². The Labute approximate surface area is 178 Å². The maximum atomic E-state index is 2.25. The van der Waals surface area contributed by atoms with Crippen molar-refractivity contribution in [2.45, 2.75) is 131 Å². The van der Waals surface area contributed by atoms with Crippen LogP contribution in [0.15, 0.2) is 24.3 Å². The summed E-state index contributed by atoms with van der Waals surface area (Å²) in [6, 6.07) is 8.72. The van der Waals surface area contributed by atoms with Gasteiger partial charge in [-0.05, 0) is 34.8 Å². The van der Waals surface area contributed by atoms with Crippen LogP contribution >= 0.6 is 0 Å². The van der Waals surface area contributed by atoms with Crippen molar-refractivity contribution in [3.63, 3.8) is 0 Å². The topological polar surface area (TPSA) is 0 Å². The second kappa shape index (κ2) is 32.9. The lowest BCUT2D eigenvalue weighted by Crippen LogP contribution is -1.97. The van der Waals surface area contributed by atoms with Crippen LogP contribution < -0.4 is 0 Å². The van der Waals surface area contributed by atoms with Crippen molar-refractivity contribution in [2.75, 3.05) is 0 Å². The molecule has 0 aliphatic carbocycles. The van der Waals surface area contributed by atoms with E-state index in [4.69, 9.17) is 0 Å². The largest absolute Gasteiger partial charge is 0.0776 e. The van der Waals surface area contributed by atoms with Gasteiger partial charge in [0, 0.05) is 0 Å². The normalized spacial score (nSPS) is 8.07. The fourth-order valence-corrected chi connectivity index (χ4v) is 1.56. The third kappa shape index (κ3) is 41.0. The van der Waals surface area contributed by atoms with Crippen molar-refractivity contribution in [3.8, 4) is 0 Å². The Morgan fingerprint density at radius 2 is 0.593 bits per heavy atom. The molecule has 0 heteroatoms. The van der Waals surface area contributed by atoms with Gasteiger partial charge in [0.25, 0.3) is 0 Å². The Bertz CT molecular complexity index is 280. The van der Waals surface area contributed by atoms with Gasteiger partial charge in [0.1, 0.15) is 0 Å². The lowest BCUT2D eigenvalue weighted by Gasteiger charge is -2.14. The minimum absolute atomic E-state index is 0. The molecule has 1 rings (SSSR count). The zero-order valence-electron chi connectivity index (χ0n) is 19.6. The molecule has 0 spiro atoms. The number of hydrogen-bond acceptors (Lipinski definition) is 0. The van der Waals surface area contributed by atoms with E-state index in [2.05, 4.69) is 93.5 Å². The average Bonchev–Trinajstić information content (AvgIpc) is 2.50. The van der Waals surface area contributed by atoms with E-state index in [0.29, 0.717) is 11.8 Å². The van der Waals surface area contributed by atoms with Gasteiger partial charge in [-0.3, -0.25) is 0 Å². The lowest BCUT2D eigenvalue weighted by atomic mass is 9.91. The van der Waals surface area contributed by atoms with Crippen molar-refractivity contribution in [1.29, 1.82) is 0 Å². The molecule has 27 heavy (non-hydrogen) atoms. The highest BCUT2D eigenvalue weighted by Gasteiger charge is 2.07. The number of rotatable bonds is 2. The van der Waals surface area contributed by atoms with Crippen molar-refractivity contribution >= 4 is 0 Å². The Morgan fingerprint density at radius 1 is 0.444 bits per heavy atom. The summed E-state index contributed by atoms with van der Waals surface area (Å²) >= 11 is 0. The van der Waals surface area contributed by atoms with Gasteiger partial charge in [-0.1, -0.05) is 143 Å². The molecule has 0 radical (unpaired) electrons. The molecule has 0 nitrogen and oxygen atoms in total. The van der Waals surface area contributed by atoms with Crippen molar-refractivity contribution in [3.05, 3.63) is 35.4 Å². The van der Waals surface area contributed by atoms with E-state index in [1.807, 2.05) is 27.7 Å². The maximum Gasteiger partial charge on any atom is -0.0216 e. The maximum absolute atomic E-state index is 2.25. The molecular weight excluding hydrogens is 324 g/mol. The molecule has 0 N–H and O–H groups in total. The summed E-state index contributed by atoms with van der Waals surface area (Å²) in [7, 11) is 0. The molecule has 0 bridgehead atoms. The minimum atomic E-state index is 0. The van der Waals surface area contributed by atoms with Crippen LogP contribution in [-0.2, 0) is 0 Å². The zero-order chi connectivity index (χ0) is 20.3. The standard InChI is InChI=1S/C12H18.2C4H10.2C2H6.3CH4/c1-9(2)11-7-5-6-8-12(11)10(3)4;2*1-4(2)3;2*1-2;;;/h5-10H,1-4H3;2*4H,1-3H3;2*1-2H3;3*1H4. The highest BCUT2D eigenvalue weighted by atomic mass is 14.1. The first-order chi connectivity index (χ1) is 11.1. The predicted octanol–water partition coefficient (Wildman–Crippen LogP) is 11.2. The molecular formula is C27H62. The SMILES string of the molecule is C.C.C.CC.CC.CC(C)C.CC(C)C.CC(C)c1ccccc1C(C)C. The molecule has 0 atom stereocenters. The van der Waals surface area contributed by atoms with Gasteiger partial charge in [-0.25, -0.2) is 0 Å². The molecule has 0 unspecified atom stereocenters. The predicted molar refractivity (Wildman–Crippen MR) is 139 cm³/mol. The Balaban J connectivity index is -0.0000000456. The third-order valence-corrected chi connectivity index (χ3v) is 2.24. The van der Waals surface area contributed by atoms with Crippen LogP contribution in [0.3, 0.4) is 0 Å². The van der Waals surface area contributed by atoms with Gasteiger partial charge < -0.3 is 0 Å². The summed E-state index contributed by atoms with van der Waals surface area (Å²) in [5.74, 6) is 2.95. The fraction of sp³-hybridized carbons (Fsp3) is 0.778.